The SMILES string of the molecule is CCCSC1CCC(NC2CC2)(C(=O)OC)C1. The second kappa shape index (κ2) is 5.61. The van der Waals surface area contributed by atoms with Crippen molar-refractivity contribution < 1.29 is 9.53 Å². The van der Waals surface area contributed by atoms with E-state index in [0.29, 0.717) is 11.3 Å². The quantitative estimate of drug-likeness (QED) is 0.741. The van der Waals surface area contributed by atoms with Crippen molar-refractivity contribution in [2.24, 2.45) is 0 Å². The molecular formula is C13H23NO2S. The number of thioether (sulfide) groups is 1. The molecule has 4 heteroatoms. The van der Waals surface area contributed by atoms with Crippen LogP contribution < -0.4 is 5.32 Å². The van der Waals surface area contributed by atoms with E-state index >= 15 is 0 Å². The van der Waals surface area contributed by atoms with Crippen LogP contribution in [-0.4, -0.2) is 35.7 Å². The summed E-state index contributed by atoms with van der Waals surface area (Å²) >= 11 is 2.01. The van der Waals surface area contributed by atoms with Crippen molar-refractivity contribution in [1.29, 1.82) is 0 Å². The van der Waals surface area contributed by atoms with Crippen molar-refractivity contribution in [3.05, 3.63) is 0 Å². The Balaban J connectivity index is 1.94. The molecule has 0 amide bonds. The molecule has 0 heterocycles. The molecule has 2 aliphatic carbocycles. The van der Waals surface area contributed by atoms with Gasteiger partial charge in [0, 0.05) is 11.3 Å². The van der Waals surface area contributed by atoms with Gasteiger partial charge in [-0.25, -0.2) is 0 Å². The summed E-state index contributed by atoms with van der Waals surface area (Å²) in [5, 5.41) is 4.16. The summed E-state index contributed by atoms with van der Waals surface area (Å²) in [6.07, 6.45) is 6.66. The fourth-order valence-corrected chi connectivity index (χ4v) is 3.87. The Hall–Kier alpha value is -0.220. The number of carbonyl (C=O) groups is 1. The third-order valence-corrected chi connectivity index (χ3v) is 5.18. The van der Waals surface area contributed by atoms with Crippen LogP contribution in [-0.2, 0) is 9.53 Å². The molecule has 0 aromatic carbocycles. The van der Waals surface area contributed by atoms with E-state index < -0.39 is 0 Å². The van der Waals surface area contributed by atoms with Crippen molar-refractivity contribution in [2.45, 2.75) is 62.3 Å². The van der Waals surface area contributed by atoms with Crippen LogP contribution in [0.5, 0.6) is 0 Å². The Morgan fingerprint density at radius 2 is 2.24 bits per heavy atom. The highest BCUT2D eigenvalue weighted by Crippen LogP contribution is 2.40. The number of rotatable bonds is 6. The minimum absolute atomic E-state index is 0.0519. The summed E-state index contributed by atoms with van der Waals surface area (Å²) in [6.45, 7) is 2.21. The van der Waals surface area contributed by atoms with Crippen LogP contribution >= 0.6 is 11.8 Å². The zero-order chi connectivity index (χ0) is 12.3. The molecule has 0 aromatic heterocycles. The molecule has 0 aliphatic heterocycles. The van der Waals surface area contributed by atoms with Gasteiger partial charge in [0.15, 0.2) is 0 Å². The van der Waals surface area contributed by atoms with Crippen molar-refractivity contribution >= 4 is 17.7 Å². The molecule has 98 valence electrons. The van der Waals surface area contributed by atoms with E-state index in [-0.39, 0.29) is 11.5 Å². The van der Waals surface area contributed by atoms with Gasteiger partial charge in [0.2, 0.25) is 0 Å². The summed E-state index contributed by atoms with van der Waals surface area (Å²) < 4.78 is 5.01. The number of ether oxygens (including phenoxy) is 1. The average molecular weight is 257 g/mol. The predicted octanol–water partition coefficient (Wildman–Crippen LogP) is 2.35. The van der Waals surface area contributed by atoms with Crippen molar-refractivity contribution in [3.8, 4) is 0 Å². The molecule has 1 N–H and O–H groups in total. The normalized spacial score (nSPS) is 32.7. The van der Waals surface area contributed by atoms with Crippen LogP contribution in [0.4, 0.5) is 0 Å². The lowest BCUT2D eigenvalue weighted by Gasteiger charge is -2.27. The summed E-state index contributed by atoms with van der Waals surface area (Å²) in [5.74, 6) is 1.15. The monoisotopic (exact) mass is 257 g/mol. The molecule has 2 rings (SSSR count). The summed E-state index contributed by atoms with van der Waals surface area (Å²) in [6, 6.07) is 0.559. The van der Waals surface area contributed by atoms with Gasteiger partial charge in [-0.15, -0.1) is 0 Å². The molecule has 2 unspecified atom stereocenters. The van der Waals surface area contributed by atoms with Gasteiger partial charge in [-0.3, -0.25) is 10.1 Å². The first-order valence-electron chi connectivity index (χ1n) is 6.68. The number of hydrogen-bond donors (Lipinski definition) is 1. The van der Waals surface area contributed by atoms with Crippen LogP contribution in [0.1, 0.15) is 45.4 Å². The van der Waals surface area contributed by atoms with Gasteiger partial charge in [0.1, 0.15) is 5.54 Å². The van der Waals surface area contributed by atoms with Gasteiger partial charge in [0.25, 0.3) is 0 Å². The number of esters is 1. The summed E-state index contributed by atoms with van der Waals surface area (Å²) in [5.41, 5.74) is -0.374. The highest BCUT2D eigenvalue weighted by molar-refractivity contribution is 7.99. The van der Waals surface area contributed by atoms with Gasteiger partial charge in [-0.05, 0) is 44.3 Å². The maximum Gasteiger partial charge on any atom is 0.326 e. The minimum Gasteiger partial charge on any atom is -0.468 e. The zero-order valence-corrected chi connectivity index (χ0v) is 11.6. The van der Waals surface area contributed by atoms with Gasteiger partial charge >= 0.3 is 5.97 Å². The van der Waals surface area contributed by atoms with Crippen LogP contribution in [0.3, 0.4) is 0 Å². The molecule has 0 bridgehead atoms. The second-order valence-corrected chi connectivity index (χ2v) is 6.64. The smallest absolute Gasteiger partial charge is 0.326 e. The molecule has 17 heavy (non-hydrogen) atoms. The van der Waals surface area contributed by atoms with Crippen molar-refractivity contribution in [1.82, 2.24) is 5.32 Å². The van der Waals surface area contributed by atoms with Gasteiger partial charge in [0.05, 0.1) is 7.11 Å². The van der Waals surface area contributed by atoms with E-state index in [9.17, 15) is 4.79 Å². The third kappa shape index (κ3) is 3.16. The average Bonchev–Trinajstić information content (AvgIpc) is 3.05. The molecule has 2 fully saturated rings. The lowest BCUT2D eigenvalue weighted by molar-refractivity contribution is -0.148. The first kappa shape index (κ1) is 13.2. The van der Waals surface area contributed by atoms with E-state index in [4.69, 9.17) is 4.74 Å². The lowest BCUT2D eigenvalue weighted by Crippen LogP contribution is -2.52. The Kier molecular flexibility index (Phi) is 4.36. The molecule has 0 spiro atoms. The Bertz CT molecular complexity index is 281. The van der Waals surface area contributed by atoms with E-state index in [1.54, 1.807) is 0 Å². The molecule has 2 saturated carbocycles. The van der Waals surface area contributed by atoms with Crippen LogP contribution in [0, 0.1) is 0 Å². The van der Waals surface area contributed by atoms with Crippen LogP contribution in [0.25, 0.3) is 0 Å². The topological polar surface area (TPSA) is 38.3 Å². The van der Waals surface area contributed by atoms with Gasteiger partial charge in [-0.1, -0.05) is 6.92 Å². The Labute approximate surface area is 108 Å². The maximum absolute atomic E-state index is 12.0. The fraction of sp³-hybridized carbons (Fsp3) is 0.923. The Morgan fingerprint density at radius 3 is 2.82 bits per heavy atom. The molecule has 0 radical (unpaired) electrons. The summed E-state index contributed by atoms with van der Waals surface area (Å²) in [7, 11) is 1.51. The number of hydrogen-bond acceptors (Lipinski definition) is 4. The minimum atomic E-state index is -0.374. The Morgan fingerprint density at radius 1 is 1.47 bits per heavy atom. The number of methoxy groups -OCH3 is 1. The lowest BCUT2D eigenvalue weighted by atomic mass is 9.97. The van der Waals surface area contributed by atoms with E-state index in [1.807, 2.05) is 11.8 Å². The largest absolute Gasteiger partial charge is 0.468 e. The highest BCUT2D eigenvalue weighted by atomic mass is 32.2. The predicted molar refractivity (Wildman–Crippen MR) is 71.3 cm³/mol. The van der Waals surface area contributed by atoms with Crippen molar-refractivity contribution in [2.75, 3.05) is 12.9 Å². The van der Waals surface area contributed by atoms with E-state index in [0.717, 1.165) is 19.3 Å². The fourth-order valence-electron chi connectivity index (χ4n) is 2.62. The van der Waals surface area contributed by atoms with E-state index in [1.165, 1.54) is 32.1 Å². The second-order valence-electron chi connectivity index (χ2n) is 5.23. The number of carbonyl (C=O) groups excluding carboxylic acids is 1. The van der Waals surface area contributed by atoms with Crippen LogP contribution in [0.2, 0.25) is 0 Å². The third-order valence-electron chi connectivity index (χ3n) is 3.66. The number of nitrogens with one attached hydrogen (secondary N) is 1. The molecule has 2 atom stereocenters. The standard InChI is InChI=1S/C13H23NO2S/c1-3-8-17-11-6-7-13(9-11,12(15)16-2)14-10-4-5-10/h10-11,14H,3-9H2,1-2H3. The first-order chi connectivity index (χ1) is 8.20. The van der Waals surface area contributed by atoms with E-state index in [2.05, 4.69) is 12.2 Å². The van der Waals surface area contributed by atoms with Crippen molar-refractivity contribution in [3.63, 3.8) is 0 Å². The summed E-state index contributed by atoms with van der Waals surface area (Å²) in [4.78, 5) is 12.0. The maximum atomic E-state index is 12.0. The molecule has 0 aromatic rings. The van der Waals surface area contributed by atoms with Crippen LogP contribution in [0.15, 0.2) is 0 Å². The van der Waals surface area contributed by atoms with Gasteiger partial charge < -0.3 is 4.74 Å². The van der Waals surface area contributed by atoms with Gasteiger partial charge in [-0.2, -0.15) is 11.8 Å². The first-order valence-corrected chi connectivity index (χ1v) is 7.73. The molecule has 0 saturated heterocycles. The molecule has 3 nitrogen and oxygen atoms in total. The molecule has 2 aliphatic rings. The molecular weight excluding hydrogens is 234 g/mol. The highest BCUT2D eigenvalue weighted by Gasteiger charge is 2.48. The zero-order valence-electron chi connectivity index (χ0n) is 10.8.